The summed E-state index contributed by atoms with van der Waals surface area (Å²) in [5.41, 5.74) is 0. The van der Waals surface area contributed by atoms with Crippen LogP contribution in [0.5, 0.6) is 0 Å². The van der Waals surface area contributed by atoms with E-state index in [1.165, 1.54) is 12.4 Å². The SMILES string of the molecule is NS(=O)(=O)CCNc1nccnc1Cl. The molecule has 0 unspecified atom stereocenters. The number of sulfonamides is 1. The van der Waals surface area contributed by atoms with Crippen molar-refractivity contribution in [3.05, 3.63) is 17.5 Å². The average Bonchev–Trinajstić information content (AvgIpc) is 2.06. The summed E-state index contributed by atoms with van der Waals surface area (Å²) in [6, 6.07) is 0. The molecule has 3 N–H and O–H groups in total. The fourth-order valence-electron chi connectivity index (χ4n) is 0.751. The normalized spacial score (nSPS) is 11.3. The van der Waals surface area contributed by atoms with Crippen molar-refractivity contribution in [2.75, 3.05) is 17.6 Å². The van der Waals surface area contributed by atoms with Crippen molar-refractivity contribution < 1.29 is 8.42 Å². The van der Waals surface area contributed by atoms with Gasteiger partial charge in [-0.15, -0.1) is 0 Å². The first-order valence-corrected chi connectivity index (χ1v) is 5.79. The summed E-state index contributed by atoms with van der Waals surface area (Å²) in [5.74, 6) is 0.165. The number of hydrogen-bond donors (Lipinski definition) is 2. The standard InChI is InChI=1S/C6H9ClN4O2S/c7-5-6(10-2-1-9-5)11-3-4-14(8,12)13/h1-2H,3-4H2,(H,10,11)(H2,8,12,13). The fraction of sp³-hybridized carbons (Fsp3) is 0.333. The van der Waals surface area contributed by atoms with Crippen molar-refractivity contribution in [2.24, 2.45) is 5.14 Å². The third-order valence-corrected chi connectivity index (χ3v) is 2.38. The van der Waals surface area contributed by atoms with E-state index in [9.17, 15) is 8.42 Å². The minimum Gasteiger partial charge on any atom is -0.366 e. The Kier molecular flexibility index (Phi) is 3.62. The van der Waals surface area contributed by atoms with E-state index in [0.717, 1.165) is 0 Å². The first kappa shape index (κ1) is 11.2. The molecule has 0 saturated carbocycles. The van der Waals surface area contributed by atoms with Gasteiger partial charge in [-0.2, -0.15) is 0 Å². The van der Waals surface area contributed by atoms with Gasteiger partial charge in [0.05, 0.1) is 5.75 Å². The largest absolute Gasteiger partial charge is 0.366 e. The lowest BCUT2D eigenvalue weighted by molar-refractivity contribution is 0.598. The van der Waals surface area contributed by atoms with Crippen molar-refractivity contribution in [1.82, 2.24) is 9.97 Å². The second-order valence-electron chi connectivity index (χ2n) is 2.49. The summed E-state index contributed by atoms with van der Waals surface area (Å²) < 4.78 is 21.2. The Labute approximate surface area is 86.6 Å². The van der Waals surface area contributed by atoms with Crippen LogP contribution in [0.1, 0.15) is 0 Å². The van der Waals surface area contributed by atoms with Gasteiger partial charge < -0.3 is 5.32 Å². The van der Waals surface area contributed by atoms with Crippen molar-refractivity contribution in [3.63, 3.8) is 0 Å². The first-order chi connectivity index (χ1) is 6.49. The number of nitrogens with two attached hydrogens (primary N) is 1. The lowest BCUT2D eigenvalue weighted by atomic mass is 10.6. The number of rotatable bonds is 4. The van der Waals surface area contributed by atoms with Crippen LogP contribution in [0.2, 0.25) is 5.15 Å². The van der Waals surface area contributed by atoms with Crippen LogP contribution >= 0.6 is 11.6 Å². The van der Waals surface area contributed by atoms with Gasteiger partial charge in [0.25, 0.3) is 0 Å². The van der Waals surface area contributed by atoms with E-state index in [0.29, 0.717) is 5.82 Å². The van der Waals surface area contributed by atoms with Gasteiger partial charge in [0, 0.05) is 18.9 Å². The van der Waals surface area contributed by atoms with E-state index in [1.807, 2.05) is 0 Å². The van der Waals surface area contributed by atoms with Gasteiger partial charge >= 0.3 is 0 Å². The first-order valence-electron chi connectivity index (χ1n) is 3.70. The fourth-order valence-corrected chi connectivity index (χ4v) is 1.31. The molecule has 0 aliphatic carbocycles. The molecule has 8 heteroatoms. The average molecular weight is 237 g/mol. The highest BCUT2D eigenvalue weighted by Gasteiger charge is 2.04. The van der Waals surface area contributed by atoms with Crippen LogP contribution in [0.15, 0.2) is 12.4 Å². The van der Waals surface area contributed by atoms with E-state index in [1.54, 1.807) is 0 Å². The van der Waals surface area contributed by atoms with Crippen LogP contribution in [-0.2, 0) is 10.0 Å². The van der Waals surface area contributed by atoms with E-state index in [-0.39, 0.29) is 17.5 Å². The molecule has 0 aliphatic rings. The van der Waals surface area contributed by atoms with Gasteiger partial charge in [0.15, 0.2) is 11.0 Å². The maximum absolute atomic E-state index is 10.6. The van der Waals surface area contributed by atoms with Gasteiger partial charge in [-0.1, -0.05) is 11.6 Å². The molecule has 0 atom stereocenters. The van der Waals surface area contributed by atoms with Crippen LogP contribution in [0.3, 0.4) is 0 Å². The molecule has 1 heterocycles. The third kappa shape index (κ3) is 3.86. The van der Waals surface area contributed by atoms with Crippen molar-refractivity contribution >= 4 is 27.4 Å². The minimum absolute atomic E-state index is 0.150. The summed E-state index contributed by atoms with van der Waals surface area (Å²) >= 11 is 5.66. The Morgan fingerprint density at radius 3 is 2.64 bits per heavy atom. The number of aromatic nitrogens is 2. The molecule has 0 saturated heterocycles. The van der Waals surface area contributed by atoms with Crippen LogP contribution in [0.4, 0.5) is 5.82 Å². The topological polar surface area (TPSA) is 98.0 Å². The second-order valence-corrected chi connectivity index (χ2v) is 4.58. The van der Waals surface area contributed by atoms with Gasteiger partial charge in [-0.25, -0.2) is 23.5 Å². The molecule has 78 valence electrons. The third-order valence-electron chi connectivity index (χ3n) is 1.33. The molecule has 1 aromatic heterocycles. The number of primary sulfonamides is 1. The van der Waals surface area contributed by atoms with Gasteiger partial charge in [0.1, 0.15) is 0 Å². The van der Waals surface area contributed by atoms with Crippen LogP contribution < -0.4 is 10.5 Å². The number of hydrogen-bond acceptors (Lipinski definition) is 5. The molecule has 1 aromatic rings. The number of halogens is 1. The highest BCUT2D eigenvalue weighted by Crippen LogP contribution is 2.13. The number of anilines is 1. The summed E-state index contributed by atoms with van der Waals surface area (Å²) in [5, 5.41) is 7.70. The highest BCUT2D eigenvalue weighted by molar-refractivity contribution is 7.89. The molecule has 6 nitrogen and oxygen atoms in total. The molecule has 0 spiro atoms. The van der Waals surface area contributed by atoms with E-state index in [4.69, 9.17) is 16.7 Å². The monoisotopic (exact) mass is 236 g/mol. The maximum Gasteiger partial charge on any atom is 0.210 e. The summed E-state index contributed by atoms with van der Waals surface area (Å²) in [7, 11) is -3.46. The lowest BCUT2D eigenvalue weighted by Crippen LogP contribution is -2.22. The van der Waals surface area contributed by atoms with E-state index >= 15 is 0 Å². The molecule has 0 radical (unpaired) electrons. The zero-order valence-corrected chi connectivity index (χ0v) is 8.72. The predicted octanol–water partition coefficient (Wildman–Crippen LogP) is -0.170. The quantitative estimate of drug-likeness (QED) is 0.757. The molecule has 0 aliphatic heterocycles. The van der Waals surface area contributed by atoms with Crippen molar-refractivity contribution in [2.45, 2.75) is 0 Å². The number of nitrogens with zero attached hydrogens (tertiary/aromatic N) is 2. The van der Waals surface area contributed by atoms with Gasteiger partial charge in [-0.3, -0.25) is 0 Å². The molecule has 0 amide bonds. The van der Waals surface area contributed by atoms with Crippen LogP contribution in [0, 0.1) is 0 Å². The zero-order chi connectivity index (χ0) is 10.6. The minimum atomic E-state index is -3.46. The maximum atomic E-state index is 10.6. The molecule has 14 heavy (non-hydrogen) atoms. The Morgan fingerprint density at radius 2 is 2.07 bits per heavy atom. The highest BCUT2D eigenvalue weighted by atomic mass is 35.5. The van der Waals surface area contributed by atoms with E-state index in [2.05, 4.69) is 15.3 Å². The Hall–Kier alpha value is -0.920. The Bertz CT molecular complexity index is 408. The molecular formula is C6H9ClN4O2S. The molecule has 1 rings (SSSR count). The Morgan fingerprint density at radius 1 is 1.43 bits per heavy atom. The number of nitrogens with one attached hydrogen (secondary N) is 1. The van der Waals surface area contributed by atoms with Crippen LogP contribution in [0.25, 0.3) is 0 Å². The summed E-state index contributed by atoms with van der Waals surface area (Å²) in [6.45, 7) is 0.150. The van der Waals surface area contributed by atoms with Crippen LogP contribution in [-0.4, -0.2) is 30.7 Å². The predicted molar refractivity (Wildman–Crippen MR) is 53.5 cm³/mol. The van der Waals surface area contributed by atoms with Gasteiger partial charge in [0.2, 0.25) is 10.0 Å². The molecule has 0 fully saturated rings. The summed E-state index contributed by atoms with van der Waals surface area (Å²) in [6.07, 6.45) is 2.89. The molecule has 0 aromatic carbocycles. The van der Waals surface area contributed by atoms with Crippen molar-refractivity contribution in [3.8, 4) is 0 Å². The summed E-state index contributed by atoms with van der Waals surface area (Å²) in [4.78, 5) is 7.61. The van der Waals surface area contributed by atoms with E-state index < -0.39 is 10.0 Å². The smallest absolute Gasteiger partial charge is 0.210 e. The molecular weight excluding hydrogens is 228 g/mol. The van der Waals surface area contributed by atoms with Gasteiger partial charge in [-0.05, 0) is 0 Å². The second kappa shape index (κ2) is 4.54. The molecule has 0 bridgehead atoms. The van der Waals surface area contributed by atoms with Crippen molar-refractivity contribution in [1.29, 1.82) is 0 Å². The Balaban J connectivity index is 2.51. The lowest BCUT2D eigenvalue weighted by Gasteiger charge is -2.04. The zero-order valence-electron chi connectivity index (χ0n) is 7.14.